The molecule has 2 aromatic rings. The molecule has 0 saturated heterocycles. The third-order valence-electron chi connectivity index (χ3n) is 10.3. The normalized spacial score (nSPS) is 14.5. The number of likely N-dealkylation sites (N-methyl/N-ethyl adjacent to an activating group) is 1. The second kappa shape index (κ2) is 24.6. The summed E-state index contributed by atoms with van der Waals surface area (Å²) in [6.07, 6.45) is 4.88. The van der Waals surface area contributed by atoms with Crippen LogP contribution in [-0.2, 0) is 25.6 Å². The number of hydrogen-bond acceptors (Lipinski definition) is 9. The third-order valence-corrected chi connectivity index (χ3v) is 10.3. The first kappa shape index (κ1) is 47.2. The highest BCUT2D eigenvalue weighted by Gasteiger charge is 2.34. The number of nitrogens with zero attached hydrogens (tertiary/aromatic N) is 1. The first-order chi connectivity index (χ1) is 26.1. The van der Waals surface area contributed by atoms with Crippen molar-refractivity contribution in [2.45, 2.75) is 135 Å². The average Bonchev–Trinajstić information content (AvgIpc) is 3.16. The van der Waals surface area contributed by atoms with Gasteiger partial charge in [0.05, 0.1) is 12.1 Å². The molecule has 55 heavy (non-hydrogen) atoms. The molecule has 3 amide bonds. The van der Waals surface area contributed by atoms with E-state index in [1.165, 1.54) is 24.4 Å². The van der Waals surface area contributed by atoms with Crippen LogP contribution in [0.3, 0.4) is 0 Å². The van der Waals surface area contributed by atoms with Crippen LogP contribution in [-0.4, -0.2) is 95.6 Å². The lowest BCUT2D eigenvalue weighted by molar-refractivity contribution is -0.135. The molecule has 0 bridgehead atoms. The number of nitrogens with two attached hydrogens (primary N) is 2. The monoisotopic (exact) mass is 764 g/mol. The van der Waals surface area contributed by atoms with Crippen molar-refractivity contribution < 1.29 is 34.1 Å². The van der Waals surface area contributed by atoms with E-state index in [4.69, 9.17) is 11.5 Å². The molecule has 0 aliphatic carbocycles. The Labute approximate surface area is 328 Å². The summed E-state index contributed by atoms with van der Waals surface area (Å²) in [5, 5.41) is 26.0. The Morgan fingerprint density at radius 2 is 1.33 bits per heavy atom. The van der Waals surface area contributed by atoms with Crippen molar-refractivity contribution in [2.24, 2.45) is 17.4 Å². The molecule has 0 aliphatic rings. The molecule has 12 nitrogen and oxygen atoms in total. The van der Waals surface area contributed by atoms with Gasteiger partial charge in [-0.15, -0.1) is 0 Å². The molecule has 0 unspecified atom stereocenters. The Kier molecular flexibility index (Phi) is 21.1. The highest BCUT2D eigenvalue weighted by molar-refractivity contribution is 6.50. The molecule has 2 rings (SSSR count). The van der Waals surface area contributed by atoms with E-state index in [2.05, 4.69) is 41.8 Å². The number of rotatable bonds is 26. The summed E-state index contributed by atoms with van der Waals surface area (Å²) >= 11 is 0. The van der Waals surface area contributed by atoms with Crippen LogP contribution in [0.4, 0.5) is 0 Å². The van der Waals surface area contributed by atoms with Crippen molar-refractivity contribution in [2.75, 3.05) is 20.1 Å². The minimum absolute atomic E-state index is 0.0804. The predicted octanol–water partition coefficient (Wildman–Crippen LogP) is 4.30. The number of ketones is 2. The van der Waals surface area contributed by atoms with Crippen molar-refractivity contribution in [3.05, 3.63) is 59.7 Å². The Hall–Kier alpha value is -3.91. The number of aliphatic hydroxyl groups is 1. The fourth-order valence-corrected chi connectivity index (χ4v) is 6.37. The number of nitrogens with one attached hydrogen (secondary N) is 2. The van der Waals surface area contributed by atoms with E-state index < -0.39 is 54.7 Å². The first-order valence-electron chi connectivity index (χ1n) is 20.0. The highest BCUT2D eigenvalue weighted by Crippen LogP contribution is 2.23. The van der Waals surface area contributed by atoms with Gasteiger partial charge in [0, 0.05) is 31.4 Å². The zero-order chi connectivity index (χ0) is 41.1. The van der Waals surface area contributed by atoms with E-state index in [0.29, 0.717) is 50.8 Å². The van der Waals surface area contributed by atoms with E-state index in [0.717, 1.165) is 30.4 Å². The number of hydrogen-bond donors (Lipinski definition) is 6. The van der Waals surface area contributed by atoms with E-state index in [1.807, 2.05) is 12.1 Å². The van der Waals surface area contributed by atoms with Crippen molar-refractivity contribution >= 4 is 36.2 Å². The van der Waals surface area contributed by atoms with Gasteiger partial charge in [-0.2, -0.15) is 0 Å². The third kappa shape index (κ3) is 15.6. The van der Waals surface area contributed by atoms with Crippen LogP contribution in [0.2, 0.25) is 12.6 Å². The van der Waals surface area contributed by atoms with Gasteiger partial charge in [0.15, 0.2) is 11.6 Å². The number of aliphatic hydroxyl groups excluding tert-OH is 1. The van der Waals surface area contributed by atoms with Gasteiger partial charge < -0.3 is 37.1 Å². The lowest BCUT2D eigenvalue weighted by Gasteiger charge is -2.30. The molecule has 13 heteroatoms. The largest absolute Gasteiger partial charge is 0.450 e. The van der Waals surface area contributed by atoms with Gasteiger partial charge >= 0.3 is 0 Å². The molecule has 0 heterocycles. The summed E-state index contributed by atoms with van der Waals surface area (Å²) in [5.74, 6) is -3.46. The molecule has 0 spiro atoms. The van der Waals surface area contributed by atoms with Crippen molar-refractivity contribution in [3.63, 3.8) is 0 Å². The van der Waals surface area contributed by atoms with E-state index in [9.17, 15) is 34.1 Å². The number of unbranched alkanes of at least 4 members (excludes halogenated alkanes) is 3. The maximum absolute atomic E-state index is 13.8. The Morgan fingerprint density at radius 1 is 0.764 bits per heavy atom. The standard InChI is InChI=1S/C42H66BN5O7/c1-7-8-13-31-16-18-32(19-17-31)33-20-22-34(23-21-33)42(54)48(6)36(15-10-12-25-45)41(53)47-39(30(4)49)38(51)26-28(2)40(52)46-35(14-9-11-24-44)37(50)27-29(3)43(5)55/h16-23,28-30,35-36,39,49,55H,7-15,24-27,44-45H2,1-6H3,(H,46,52)(H,47,53)/t28-,29-,30-,35+,36+,39+/m1/s1. The fraction of sp³-hybridized carbons (Fsp3) is 0.595. The van der Waals surface area contributed by atoms with E-state index in [1.54, 1.807) is 32.8 Å². The number of amides is 3. The van der Waals surface area contributed by atoms with Gasteiger partial charge in [0.1, 0.15) is 12.1 Å². The number of aryl methyl sites for hydroxylation is 1. The summed E-state index contributed by atoms with van der Waals surface area (Å²) in [4.78, 5) is 68.8. The SMILES string of the molecule is CCCCc1ccc(-c2ccc(C(=O)N(C)[C@@H](CCCCN)C(=O)N[C@H](C(=O)C[C@@H](C)C(=O)N[C@@H](CCCCN)C(=O)C[C@@H](C)B(C)O)[C@@H](C)O)cc2)cc1. The number of benzene rings is 2. The lowest BCUT2D eigenvalue weighted by Crippen LogP contribution is -2.55. The van der Waals surface area contributed by atoms with Crippen LogP contribution in [0.15, 0.2) is 48.5 Å². The zero-order valence-corrected chi connectivity index (χ0v) is 33.9. The topological polar surface area (TPSA) is 205 Å². The van der Waals surface area contributed by atoms with Gasteiger partial charge in [0.2, 0.25) is 11.8 Å². The summed E-state index contributed by atoms with van der Waals surface area (Å²) in [7, 11) is 1.54. The molecule has 6 atom stereocenters. The molecule has 0 fully saturated rings. The Morgan fingerprint density at radius 3 is 1.85 bits per heavy atom. The van der Waals surface area contributed by atoms with Crippen LogP contribution in [0.25, 0.3) is 11.1 Å². The molecular formula is C42H66BN5O7. The Bertz CT molecular complexity index is 1500. The van der Waals surface area contributed by atoms with Crippen LogP contribution < -0.4 is 22.1 Å². The maximum Gasteiger partial charge on any atom is 0.289 e. The van der Waals surface area contributed by atoms with E-state index >= 15 is 0 Å². The number of Topliss-reactive ketones (excluding diaryl/α,β-unsaturated/α-hetero) is 2. The molecule has 0 aliphatic heterocycles. The van der Waals surface area contributed by atoms with Crippen LogP contribution >= 0.6 is 0 Å². The smallest absolute Gasteiger partial charge is 0.289 e. The van der Waals surface area contributed by atoms with Crippen LogP contribution in [0, 0.1) is 5.92 Å². The van der Waals surface area contributed by atoms with Crippen molar-refractivity contribution in [1.29, 1.82) is 0 Å². The van der Waals surface area contributed by atoms with Gasteiger partial charge in [-0.3, -0.25) is 24.0 Å². The van der Waals surface area contributed by atoms with Gasteiger partial charge in [-0.25, -0.2) is 0 Å². The lowest BCUT2D eigenvalue weighted by atomic mass is 9.58. The quantitative estimate of drug-likeness (QED) is 0.0596. The summed E-state index contributed by atoms with van der Waals surface area (Å²) in [6.45, 7) is 8.61. The molecule has 0 radical (unpaired) electrons. The number of carbonyl (C=O) groups excluding carboxylic acids is 5. The zero-order valence-electron chi connectivity index (χ0n) is 33.9. The predicted molar refractivity (Wildman–Crippen MR) is 219 cm³/mol. The minimum Gasteiger partial charge on any atom is -0.450 e. The Balaban J connectivity index is 2.17. The average molecular weight is 764 g/mol. The van der Waals surface area contributed by atoms with Gasteiger partial charge in [-0.1, -0.05) is 70.4 Å². The van der Waals surface area contributed by atoms with Crippen LogP contribution in [0.1, 0.15) is 108 Å². The molecule has 0 saturated carbocycles. The number of carbonyl (C=O) groups is 5. The second-order valence-corrected chi connectivity index (χ2v) is 15.1. The summed E-state index contributed by atoms with van der Waals surface area (Å²) < 4.78 is 0. The summed E-state index contributed by atoms with van der Waals surface area (Å²) in [6, 6.07) is 12.5. The molecular weight excluding hydrogens is 697 g/mol. The van der Waals surface area contributed by atoms with Gasteiger partial charge in [0.25, 0.3) is 12.8 Å². The van der Waals surface area contributed by atoms with E-state index in [-0.39, 0.29) is 36.8 Å². The second-order valence-electron chi connectivity index (χ2n) is 15.1. The van der Waals surface area contributed by atoms with Crippen LogP contribution in [0.5, 0.6) is 0 Å². The first-order valence-corrected chi connectivity index (χ1v) is 20.0. The molecule has 2 aromatic carbocycles. The molecule has 304 valence electrons. The minimum atomic E-state index is -1.34. The fourth-order valence-electron chi connectivity index (χ4n) is 6.37. The van der Waals surface area contributed by atoms with Gasteiger partial charge in [-0.05, 0) is 106 Å². The van der Waals surface area contributed by atoms with Crippen molar-refractivity contribution in [1.82, 2.24) is 15.5 Å². The highest BCUT2D eigenvalue weighted by atomic mass is 16.3. The molecule has 0 aromatic heterocycles. The maximum atomic E-state index is 13.8. The van der Waals surface area contributed by atoms with Crippen molar-refractivity contribution in [3.8, 4) is 11.1 Å². The molecule has 8 N–H and O–H groups in total. The summed E-state index contributed by atoms with van der Waals surface area (Å²) in [5.41, 5.74) is 15.0.